The van der Waals surface area contributed by atoms with E-state index in [1.54, 1.807) is 0 Å². The molecule has 116 valence electrons. The van der Waals surface area contributed by atoms with Crippen molar-refractivity contribution in [2.75, 3.05) is 6.54 Å². The third-order valence-corrected chi connectivity index (χ3v) is 5.52. The zero-order chi connectivity index (χ0) is 15.6. The molecular formula is C13H15Cl2NO4S. The van der Waals surface area contributed by atoms with Gasteiger partial charge >= 0.3 is 5.97 Å². The first-order chi connectivity index (χ1) is 9.81. The summed E-state index contributed by atoms with van der Waals surface area (Å²) in [5.74, 6) is -0.601. The molecule has 1 aromatic rings. The molecule has 8 heteroatoms. The van der Waals surface area contributed by atoms with Gasteiger partial charge in [-0.15, -0.1) is 0 Å². The summed E-state index contributed by atoms with van der Waals surface area (Å²) in [6, 6.07) is 2.28. The Labute approximate surface area is 133 Å². The molecule has 1 fully saturated rings. The van der Waals surface area contributed by atoms with Crippen molar-refractivity contribution < 1.29 is 18.3 Å². The second kappa shape index (κ2) is 6.52. The Morgan fingerprint density at radius 3 is 2.57 bits per heavy atom. The maximum absolute atomic E-state index is 12.2. The van der Waals surface area contributed by atoms with Gasteiger partial charge in [-0.25, -0.2) is 17.9 Å². The molecule has 0 aromatic heterocycles. The second-order valence-electron chi connectivity index (χ2n) is 5.05. The smallest absolute Gasteiger partial charge is 0.337 e. The van der Waals surface area contributed by atoms with Crippen molar-refractivity contribution in [3.63, 3.8) is 0 Å². The number of carboxylic acids is 1. The van der Waals surface area contributed by atoms with E-state index in [9.17, 15) is 13.2 Å². The van der Waals surface area contributed by atoms with E-state index in [0.717, 1.165) is 30.9 Å². The lowest BCUT2D eigenvalue weighted by Gasteiger charge is -2.10. The van der Waals surface area contributed by atoms with Crippen molar-refractivity contribution in [2.45, 2.75) is 30.6 Å². The fourth-order valence-corrected chi connectivity index (χ4v) is 3.97. The summed E-state index contributed by atoms with van der Waals surface area (Å²) in [5.41, 5.74) is -0.331. The SMILES string of the molecule is O=C(O)c1cc(Cl)cc(S(=O)(=O)NCCCC2CC2)c1Cl. The van der Waals surface area contributed by atoms with Gasteiger partial charge in [-0.2, -0.15) is 0 Å². The predicted molar refractivity (Wildman–Crippen MR) is 80.6 cm³/mol. The quantitative estimate of drug-likeness (QED) is 0.739. The minimum atomic E-state index is -3.88. The lowest BCUT2D eigenvalue weighted by molar-refractivity contribution is 0.0697. The zero-order valence-corrected chi connectivity index (χ0v) is 13.4. The molecular weight excluding hydrogens is 337 g/mol. The van der Waals surface area contributed by atoms with Gasteiger partial charge < -0.3 is 5.11 Å². The number of sulfonamides is 1. The number of benzene rings is 1. The maximum Gasteiger partial charge on any atom is 0.337 e. The lowest BCUT2D eigenvalue weighted by Crippen LogP contribution is -2.25. The summed E-state index contributed by atoms with van der Waals surface area (Å²) < 4.78 is 26.8. The highest BCUT2D eigenvalue weighted by molar-refractivity contribution is 7.89. The average Bonchev–Trinajstić information content (AvgIpc) is 3.20. The van der Waals surface area contributed by atoms with Crippen molar-refractivity contribution in [2.24, 2.45) is 5.92 Å². The Morgan fingerprint density at radius 1 is 1.33 bits per heavy atom. The number of carbonyl (C=O) groups is 1. The van der Waals surface area contributed by atoms with Gasteiger partial charge in [0.05, 0.1) is 10.6 Å². The Balaban J connectivity index is 2.16. The molecule has 1 saturated carbocycles. The minimum absolute atomic E-state index is 0.00940. The van der Waals surface area contributed by atoms with Gasteiger partial charge in [-0.1, -0.05) is 36.0 Å². The molecule has 0 radical (unpaired) electrons. The van der Waals surface area contributed by atoms with Crippen molar-refractivity contribution in [3.05, 3.63) is 27.7 Å². The zero-order valence-electron chi connectivity index (χ0n) is 11.1. The number of carboxylic acid groups (broad SMARTS) is 1. The number of halogens is 2. The van der Waals surface area contributed by atoms with Gasteiger partial charge in [-0.05, 0) is 30.9 Å². The summed E-state index contributed by atoms with van der Waals surface area (Å²) in [5, 5.41) is 8.68. The van der Waals surface area contributed by atoms with Crippen LogP contribution in [0.25, 0.3) is 0 Å². The van der Waals surface area contributed by atoms with Crippen LogP contribution in [-0.2, 0) is 10.0 Å². The first kappa shape index (κ1) is 16.5. The van der Waals surface area contributed by atoms with Crippen molar-refractivity contribution in [1.29, 1.82) is 0 Å². The molecule has 2 N–H and O–H groups in total. The highest BCUT2D eigenvalue weighted by atomic mass is 35.5. The molecule has 0 atom stereocenters. The summed E-state index contributed by atoms with van der Waals surface area (Å²) >= 11 is 11.6. The molecule has 21 heavy (non-hydrogen) atoms. The third-order valence-electron chi connectivity index (χ3n) is 3.30. The number of hydrogen-bond donors (Lipinski definition) is 2. The molecule has 0 saturated heterocycles. The Morgan fingerprint density at radius 2 is 2.00 bits per heavy atom. The topological polar surface area (TPSA) is 83.5 Å². The molecule has 5 nitrogen and oxygen atoms in total. The Hall–Kier alpha value is -0.820. The molecule has 0 heterocycles. The van der Waals surface area contributed by atoms with Crippen molar-refractivity contribution >= 4 is 39.2 Å². The molecule has 1 aliphatic carbocycles. The fourth-order valence-electron chi connectivity index (χ4n) is 2.00. The standard InChI is InChI=1S/C13H15Cl2NO4S/c14-9-6-10(13(17)18)12(15)11(7-9)21(19,20)16-5-1-2-8-3-4-8/h6-8,16H,1-5H2,(H,17,18). The van der Waals surface area contributed by atoms with E-state index >= 15 is 0 Å². The van der Waals surface area contributed by atoms with Crippen LogP contribution in [0.4, 0.5) is 0 Å². The molecule has 2 rings (SSSR count). The molecule has 1 aromatic carbocycles. The molecule has 0 bridgehead atoms. The average molecular weight is 352 g/mol. The van der Waals surface area contributed by atoms with Crippen LogP contribution < -0.4 is 4.72 Å². The van der Waals surface area contributed by atoms with E-state index in [4.69, 9.17) is 28.3 Å². The lowest BCUT2D eigenvalue weighted by atomic mass is 10.2. The van der Waals surface area contributed by atoms with E-state index in [0.29, 0.717) is 6.54 Å². The molecule has 1 aliphatic rings. The van der Waals surface area contributed by atoms with Crippen LogP contribution in [0.5, 0.6) is 0 Å². The van der Waals surface area contributed by atoms with Crippen LogP contribution in [0.2, 0.25) is 10.0 Å². The van der Waals surface area contributed by atoms with Gasteiger partial charge in [0.15, 0.2) is 0 Å². The van der Waals surface area contributed by atoms with Crippen LogP contribution in [0.15, 0.2) is 17.0 Å². The van der Waals surface area contributed by atoms with Crippen LogP contribution in [-0.4, -0.2) is 26.0 Å². The number of hydrogen-bond acceptors (Lipinski definition) is 3. The predicted octanol–water partition coefficient (Wildman–Crippen LogP) is 3.16. The van der Waals surface area contributed by atoms with Crippen molar-refractivity contribution in [3.8, 4) is 0 Å². The summed E-state index contributed by atoms with van der Waals surface area (Å²) in [6.45, 7) is 0.296. The van der Waals surface area contributed by atoms with Crippen LogP contribution >= 0.6 is 23.2 Å². The van der Waals surface area contributed by atoms with E-state index in [2.05, 4.69) is 4.72 Å². The van der Waals surface area contributed by atoms with E-state index in [1.165, 1.54) is 12.8 Å². The Bertz CT molecular complexity index is 656. The highest BCUT2D eigenvalue weighted by Gasteiger charge is 2.24. The van der Waals surface area contributed by atoms with E-state index in [1.807, 2.05) is 0 Å². The molecule has 0 amide bonds. The number of aromatic carboxylic acids is 1. The maximum atomic E-state index is 12.2. The second-order valence-corrected chi connectivity index (χ2v) is 7.60. The van der Waals surface area contributed by atoms with E-state index in [-0.39, 0.29) is 20.5 Å². The van der Waals surface area contributed by atoms with Gasteiger partial charge in [0, 0.05) is 11.6 Å². The fraction of sp³-hybridized carbons (Fsp3) is 0.462. The van der Waals surface area contributed by atoms with Gasteiger partial charge in [-0.3, -0.25) is 0 Å². The Kier molecular flexibility index (Phi) is 5.14. The highest BCUT2D eigenvalue weighted by Crippen LogP contribution is 2.33. The third kappa shape index (κ3) is 4.32. The van der Waals surface area contributed by atoms with Crippen molar-refractivity contribution in [1.82, 2.24) is 4.72 Å². The summed E-state index contributed by atoms with van der Waals surface area (Å²) in [6.07, 6.45) is 4.17. The number of rotatable bonds is 7. The van der Waals surface area contributed by atoms with Gasteiger partial charge in [0.1, 0.15) is 4.90 Å². The minimum Gasteiger partial charge on any atom is -0.478 e. The normalized spacial score (nSPS) is 15.1. The molecule has 0 unspecified atom stereocenters. The largest absolute Gasteiger partial charge is 0.478 e. The summed E-state index contributed by atoms with van der Waals surface area (Å²) in [4.78, 5) is 10.7. The van der Waals surface area contributed by atoms with E-state index < -0.39 is 16.0 Å². The number of nitrogens with one attached hydrogen (secondary N) is 1. The first-order valence-electron chi connectivity index (χ1n) is 6.53. The monoisotopic (exact) mass is 351 g/mol. The summed E-state index contributed by atoms with van der Waals surface area (Å²) in [7, 11) is -3.88. The van der Waals surface area contributed by atoms with Crippen LogP contribution in [0.1, 0.15) is 36.0 Å². The van der Waals surface area contributed by atoms with Gasteiger partial charge in [0.25, 0.3) is 0 Å². The molecule has 0 spiro atoms. The van der Waals surface area contributed by atoms with Gasteiger partial charge in [0.2, 0.25) is 10.0 Å². The van der Waals surface area contributed by atoms with Crippen LogP contribution in [0.3, 0.4) is 0 Å². The molecule has 0 aliphatic heterocycles. The first-order valence-corrected chi connectivity index (χ1v) is 8.77. The van der Waals surface area contributed by atoms with Crippen LogP contribution in [0, 0.1) is 5.92 Å².